The molecule has 0 aliphatic carbocycles. The molecule has 1 aromatic rings. The predicted molar refractivity (Wildman–Crippen MR) is 74.8 cm³/mol. The van der Waals surface area contributed by atoms with Gasteiger partial charge in [0.2, 0.25) is 0 Å². The molecule has 0 aromatic carbocycles. The lowest BCUT2D eigenvalue weighted by Gasteiger charge is -2.33. The highest BCUT2D eigenvalue weighted by molar-refractivity contribution is 7.80. The zero-order chi connectivity index (χ0) is 13.0. The van der Waals surface area contributed by atoms with E-state index in [1.165, 1.54) is 0 Å². The maximum atomic E-state index is 5.67. The van der Waals surface area contributed by atoms with Gasteiger partial charge < -0.3 is 15.4 Å². The van der Waals surface area contributed by atoms with Crippen molar-refractivity contribution in [3.05, 3.63) is 18.1 Å². The highest BCUT2D eigenvalue weighted by Crippen LogP contribution is 2.21. The van der Waals surface area contributed by atoms with Crippen LogP contribution in [-0.2, 0) is 4.74 Å². The first-order valence-corrected chi connectivity index (χ1v) is 6.60. The van der Waals surface area contributed by atoms with E-state index >= 15 is 0 Å². The zero-order valence-electron chi connectivity index (χ0n) is 10.5. The molecule has 2 N–H and O–H groups in total. The minimum atomic E-state index is 0.296. The summed E-state index contributed by atoms with van der Waals surface area (Å²) in [7, 11) is 0. The van der Waals surface area contributed by atoms with Gasteiger partial charge in [0.1, 0.15) is 10.7 Å². The Hall–Kier alpha value is -1.27. The van der Waals surface area contributed by atoms with Crippen LogP contribution in [0.2, 0.25) is 0 Å². The van der Waals surface area contributed by atoms with Gasteiger partial charge in [0, 0.05) is 32.1 Å². The summed E-state index contributed by atoms with van der Waals surface area (Å²) in [4.78, 5) is 11.0. The lowest BCUT2D eigenvalue weighted by Crippen LogP contribution is -2.38. The van der Waals surface area contributed by atoms with Crippen molar-refractivity contribution in [2.24, 2.45) is 5.73 Å². The second-order valence-corrected chi connectivity index (χ2v) is 4.67. The highest BCUT2D eigenvalue weighted by atomic mass is 32.1. The Kier molecular flexibility index (Phi) is 4.43. The van der Waals surface area contributed by atoms with E-state index in [1.807, 2.05) is 6.92 Å². The van der Waals surface area contributed by atoms with Gasteiger partial charge in [-0.25, -0.2) is 9.97 Å². The van der Waals surface area contributed by atoms with E-state index in [0.29, 0.717) is 16.8 Å². The van der Waals surface area contributed by atoms with Crippen LogP contribution in [0, 0.1) is 0 Å². The summed E-state index contributed by atoms with van der Waals surface area (Å²) in [6, 6.07) is 0. The monoisotopic (exact) mass is 266 g/mol. The predicted octanol–water partition coefficient (Wildman–Crippen LogP) is 1.12. The molecule has 0 amide bonds. The minimum absolute atomic E-state index is 0.296. The Morgan fingerprint density at radius 3 is 2.72 bits per heavy atom. The minimum Gasteiger partial charge on any atom is -0.388 e. The largest absolute Gasteiger partial charge is 0.388 e. The Morgan fingerprint density at radius 1 is 1.44 bits per heavy atom. The van der Waals surface area contributed by atoms with Crippen molar-refractivity contribution in [1.82, 2.24) is 9.97 Å². The fourth-order valence-corrected chi connectivity index (χ4v) is 2.35. The summed E-state index contributed by atoms with van der Waals surface area (Å²) in [6.45, 7) is 4.60. The topological polar surface area (TPSA) is 64.3 Å². The van der Waals surface area contributed by atoms with Crippen LogP contribution >= 0.6 is 12.2 Å². The summed E-state index contributed by atoms with van der Waals surface area (Å²) in [5.74, 6) is 0.792. The van der Waals surface area contributed by atoms with E-state index in [0.717, 1.165) is 38.4 Å². The van der Waals surface area contributed by atoms with E-state index < -0.39 is 0 Å². The molecule has 0 spiro atoms. The summed E-state index contributed by atoms with van der Waals surface area (Å²) in [5, 5.41) is 0. The molecule has 0 atom stereocenters. The molecule has 1 aromatic heterocycles. The molecule has 0 radical (unpaired) electrons. The number of rotatable bonds is 4. The number of aromatic nitrogens is 2. The smallest absolute Gasteiger partial charge is 0.157 e. The SMILES string of the molecule is CCOC1CCN(c2nccnc2C(N)=S)CC1. The number of thiocarbonyl (C=S) groups is 1. The third-order valence-corrected chi connectivity index (χ3v) is 3.25. The van der Waals surface area contributed by atoms with Crippen LogP contribution in [0.15, 0.2) is 12.4 Å². The zero-order valence-corrected chi connectivity index (χ0v) is 11.3. The van der Waals surface area contributed by atoms with Crippen molar-refractivity contribution in [2.75, 3.05) is 24.6 Å². The molecule has 0 bridgehead atoms. The van der Waals surface area contributed by atoms with E-state index in [4.69, 9.17) is 22.7 Å². The molecular formula is C12H18N4OS. The maximum absolute atomic E-state index is 5.67. The van der Waals surface area contributed by atoms with Crippen molar-refractivity contribution in [3.63, 3.8) is 0 Å². The van der Waals surface area contributed by atoms with Crippen LogP contribution in [0.1, 0.15) is 25.5 Å². The highest BCUT2D eigenvalue weighted by Gasteiger charge is 2.23. The van der Waals surface area contributed by atoms with Crippen LogP contribution < -0.4 is 10.6 Å². The van der Waals surface area contributed by atoms with Gasteiger partial charge in [-0.3, -0.25) is 0 Å². The molecule has 1 aliphatic heterocycles. The molecule has 0 unspecified atom stereocenters. The van der Waals surface area contributed by atoms with Gasteiger partial charge in [-0.05, 0) is 19.8 Å². The number of nitrogens with zero attached hydrogens (tertiary/aromatic N) is 3. The molecule has 1 saturated heterocycles. The number of ether oxygens (including phenoxy) is 1. The van der Waals surface area contributed by atoms with Crippen molar-refractivity contribution in [3.8, 4) is 0 Å². The fraction of sp³-hybridized carbons (Fsp3) is 0.583. The molecule has 98 valence electrons. The standard InChI is InChI=1S/C12H18N4OS/c1-2-17-9-3-7-16(8-4-9)12-10(11(13)18)14-5-6-15-12/h5-6,9H,2-4,7-8H2,1H3,(H2,13,18). The van der Waals surface area contributed by atoms with Crippen LogP contribution in [0.25, 0.3) is 0 Å². The summed E-state index contributed by atoms with van der Waals surface area (Å²) >= 11 is 5.01. The third kappa shape index (κ3) is 2.94. The molecule has 2 rings (SSSR count). The van der Waals surface area contributed by atoms with Gasteiger partial charge in [-0.2, -0.15) is 0 Å². The normalized spacial score (nSPS) is 16.8. The molecule has 0 saturated carbocycles. The quantitative estimate of drug-likeness (QED) is 0.824. The average Bonchev–Trinajstić information content (AvgIpc) is 2.40. The second-order valence-electron chi connectivity index (χ2n) is 4.23. The lowest BCUT2D eigenvalue weighted by atomic mass is 10.1. The fourth-order valence-electron chi connectivity index (χ4n) is 2.21. The van der Waals surface area contributed by atoms with Crippen LogP contribution in [0.4, 0.5) is 5.82 Å². The second kappa shape index (κ2) is 6.06. The average molecular weight is 266 g/mol. The van der Waals surface area contributed by atoms with Crippen LogP contribution in [0.5, 0.6) is 0 Å². The number of nitrogens with two attached hydrogens (primary N) is 1. The summed E-state index contributed by atoms with van der Waals surface area (Å²) < 4.78 is 5.63. The Morgan fingerprint density at radius 2 is 2.11 bits per heavy atom. The molecule has 6 heteroatoms. The Labute approximate surface area is 112 Å². The van der Waals surface area contributed by atoms with Gasteiger partial charge in [0.25, 0.3) is 0 Å². The summed E-state index contributed by atoms with van der Waals surface area (Å²) in [5.41, 5.74) is 6.29. The van der Waals surface area contributed by atoms with Crippen molar-refractivity contribution >= 4 is 23.0 Å². The lowest BCUT2D eigenvalue weighted by molar-refractivity contribution is 0.0458. The first kappa shape index (κ1) is 13.2. The molecule has 1 fully saturated rings. The molecule has 5 nitrogen and oxygen atoms in total. The van der Waals surface area contributed by atoms with Gasteiger partial charge in [-0.1, -0.05) is 12.2 Å². The number of hydrogen-bond acceptors (Lipinski definition) is 5. The Balaban J connectivity index is 2.07. The number of hydrogen-bond donors (Lipinski definition) is 1. The van der Waals surface area contributed by atoms with E-state index in [2.05, 4.69) is 14.9 Å². The van der Waals surface area contributed by atoms with Crippen LogP contribution in [0.3, 0.4) is 0 Å². The van der Waals surface area contributed by atoms with Crippen molar-refractivity contribution < 1.29 is 4.74 Å². The van der Waals surface area contributed by atoms with E-state index in [-0.39, 0.29) is 0 Å². The van der Waals surface area contributed by atoms with Gasteiger partial charge in [0.05, 0.1) is 6.10 Å². The third-order valence-electron chi connectivity index (χ3n) is 3.06. The number of anilines is 1. The van der Waals surface area contributed by atoms with Crippen LogP contribution in [-0.4, -0.2) is 40.8 Å². The van der Waals surface area contributed by atoms with Crippen molar-refractivity contribution in [2.45, 2.75) is 25.9 Å². The molecular weight excluding hydrogens is 248 g/mol. The van der Waals surface area contributed by atoms with E-state index in [1.54, 1.807) is 12.4 Å². The molecule has 1 aliphatic rings. The molecule has 18 heavy (non-hydrogen) atoms. The van der Waals surface area contributed by atoms with Gasteiger partial charge in [0.15, 0.2) is 5.82 Å². The Bertz CT molecular complexity index is 418. The summed E-state index contributed by atoms with van der Waals surface area (Å²) in [6.07, 6.45) is 5.65. The molecule has 2 heterocycles. The first-order chi connectivity index (χ1) is 8.72. The maximum Gasteiger partial charge on any atom is 0.157 e. The van der Waals surface area contributed by atoms with E-state index in [9.17, 15) is 0 Å². The van der Waals surface area contributed by atoms with Gasteiger partial charge in [-0.15, -0.1) is 0 Å². The van der Waals surface area contributed by atoms with Crippen molar-refractivity contribution in [1.29, 1.82) is 0 Å². The number of piperidine rings is 1. The first-order valence-electron chi connectivity index (χ1n) is 6.19. The van der Waals surface area contributed by atoms with Gasteiger partial charge >= 0.3 is 0 Å².